The van der Waals surface area contributed by atoms with Crippen molar-refractivity contribution in [1.82, 2.24) is 0 Å². The van der Waals surface area contributed by atoms with Gasteiger partial charge in [-0.25, -0.2) is 0 Å². The van der Waals surface area contributed by atoms with Gasteiger partial charge in [0.2, 0.25) is 5.91 Å². The summed E-state index contributed by atoms with van der Waals surface area (Å²) in [6.45, 7) is 10.9. The van der Waals surface area contributed by atoms with E-state index in [9.17, 15) is 4.79 Å². The maximum Gasteiger partial charge on any atom is 0.248 e. The Balaban J connectivity index is 1.97. The van der Waals surface area contributed by atoms with Crippen LogP contribution in [0.4, 0.5) is 5.69 Å². The average molecular weight is 321 g/mol. The van der Waals surface area contributed by atoms with Crippen molar-refractivity contribution in [3.63, 3.8) is 0 Å². The molecule has 126 valence electrons. The zero-order chi connectivity index (χ0) is 17.7. The number of nitrogens with one attached hydrogen (secondary N) is 1. The Bertz CT molecular complexity index is 701. The highest BCUT2D eigenvalue weighted by atomic mass is 16.1. The van der Waals surface area contributed by atoms with Crippen LogP contribution < -0.4 is 5.32 Å². The first-order valence-electron chi connectivity index (χ1n) is 8.45. The van der Waals surface area contributed by atoms with E-state index in [-0.39, 0.29) is 11.3 Å². The second-order valence-electron chi connectivity index (χ2n) is 7.47. The molecule has 0 unspecified atom stereocenters. The average Bonchev–Trinajstić information content (AvgIpc) is 2.53. The summed E-state index contributed by atoms with van der Waals surface area (Å²) in [5.74, 6) is 0.373. The van der Waals surface area contributed by atoms with E-state index in [1.54, 1.807) is 6.08 Å². The summed E-state index contributed by atoms with van der Waals surface area (Å²) in [5, 5.41) is 2.89. The third-order valence-corrected chi connectivity index (χ3v) is 4.05. The molecule has 0 aliphatic rings. The Hall–Kier alpha value is -2.35. The largest absolute Gasteiger partial charge is 0.323 e. The van der Waals surface area contributed by atoms with E-state index in [1.165, 1.54) is 11.1 Å². The summed E-state index contributed by atoms with van der Waals surface area (Å²) in [7, 11) is 0. The predicted molar refractivity (Wildman–Crippen MR) is 103 cm³/mol. The van der Waals surface area contributed by atoms with Crippen molar-refractivity contribution in [1.29, 1.82) is 0 Å². The van der Waals surface area contributed by atoms with Gasteiger partial charge in [0.15, 0.2) is 0 Å². The number of benzene rings is 2. The van der Waals surface area contributed by atoms with Gasteiger partial charge in [-0.1, -0.05) is 71.0 Å². The van der Waals surface area contributed by atoms with Gasteiger partial charge in [-0.05, 0) is 46.2 Å². The Kier molecular flexibility index (Phi) is 5.61. The van der Waals surface area contributed by atoms with Crippen molar-refractivity contribution < 1.29 is 4.79 Å². The van der Waals surface area contributed by atoms with Crippen LogP contribution >= 0.6 is 0 Å². The highest BCUT2D eigenvalue weighted by Crippen LogP contribution is 2.22. The first kappa shape index (κ1) is 18.0. The topological polar surface area (TPSA) is 29.1 Å². The lowest BCUT2D eigenvalue weighted by Gasteiger charge is -2.18. The van der Waals surface area contributed by atoms with Crippen LogP contribution in [0.25, 0.3) is 6.08 Å². The molecule has 0 atom stereocenters. The molecule has 0 aliphatic carbocycles. The Labute approximate surface area is 145 Å². The predicted octanol–water partition coefficient (Wildman–Crippen LogP) is 5.76. The van der Waals surface area contributed by atoms with Gasteiger partial charge in [0, 0.05) is 11.8 Å². The molecule has 0 aromatic heterocycles. The Morgan fingerprint density at radius 3 is 2.04 bits per heavy atom. The monoisotopic (exact) mass is 321 g/mol. The minimum atomic E-state index is -0.118. The lowest BCUT2D eigenvalue weighted by atomic mass is 9.87. The summed E-state index contributed by atoms with van der Waals surface area (Å²) in [5.41, 5.74) is 4.53. The van der Waals surface area contributed by atoms with Gasteiger partial charge in [-0.3, -0.25) is 4.79 Å². The molecule has 2 aromatic carbocycles. The van der Waals surface area contributed by atoms with Crippen LogP contribution in [0.2, 0.25) is 0 Å². The quantitative estimate of drug-likeness (QED) is 0.713. The van der Waals surface area contributed by atoms with Gasteiger partial charge < -0.3 is 5.32 Å². The normalized spacial score (nSPS) is 11.9. The molecule has 0 saturated heterocycles. The number of hydrogen-bond acceptors (Lipinski definition) is 1. The lowest BCUT2D eigenvalue weighted by Crippen LogP contribution is -2.10. The van der Waals surface area contributed by atoms with E-state index in [1.807, 2.05) is 30.3 Å². The number of carbonyl (C=O) groups excluding carboxylic acids is 1. The van der Waals surface area contributed by atoms with Crippen LogP contribution in [0.5, 0.6) is 0 Å². The maximum atomic E-state index is 12.0. The van der Waals surface area contributed by atoms with Gasteiger partial charge in [0.05, 0.1) is 0 Å². The van der Waals surface area contributed by atoms with Crippen LogP contribution in [-0.4, -0.2) is 5.91 Å². The molecule has 0 heterocycles. The fourth-order valence-corrected chi connectivity index (χ4v) is 2.40. The summed E-state index contributed by atoms with van der Waals surface area (Å²) in [4.78, 5) is 12.0. The molecule has 0 bridgehead atoms. The molecule has 0 saturated carbocycles. The first-order valence-corrected chi connectivity index (χ1v) is 8.45. The van der Waals surface area contributed by atoms with E-state index < -0.39 is 0 Å². The molecule has 0 fully saturated rings. The molecule has 2 heteroatoms. The molecule has 24 heavy (non-hydrogen) atoms. The van der Waals surface area contributed by atoms with Crippen LogP contribution in [0.15, 0.2) is 54.6 Å². The minimum absolute atomic E-state index is 0.118. The van der Waals surface area contributed by atoms with Crippen LogP contribution in [0, 0.1) is 0 Å². The minimum Gasteiger partial charge on any atom is -0.323 e. The van der Waals surface area contributed by atoms with E-state index in [2.05, 4.69) is 64.2 Å². The number of hydrogen-bond donors (Lipinski definition) is 1. The molecule has 0 aliphatic heterocycles. The molecule has 1 amide bonds. The van der Waals surface area contributed by atoms with Crippen LogP contribution in [-0.2, 0) is 10.2 Å². The smallest absolute Gasteiger partial charge is 0.248 e. The van der Waals surface area contributed by atoms with E-state index >= 15 is 0 Å². The van der Waals surface area contributed by atoms with Crippen molar-refractivity contribution in [3.8, 4) is 0 Å². The molecule has 2 aromatic rings. The van der Waals surface area contributed by atoms with Gasteiger partial charge in [0.25, 0.3) is 0 Å². The number of anilines is 1. The zero-order valence-corrected chi connectivity index (χ0v) is 15.3. The molecular weight excluding hydrogens is 294 g/mol. The molecule has 2 nitrogen and oxygen atoms in total. The molecule has 0 radical (unpaired) electrons. The Morgan fingerprint density at radius 2 is 1.54 bits per heavy atom. The highest BCUT2D eigenvalue weighted by molar-refractivity contribution is 6.01. The number of amides is 1. The highest BCUT2D eigenvalue weighted by Gasteiger charge is 2.12. The molecule has 2 rings (SSSR count). The van der Waals surface area contributed by atoms with Gasteiger partial charge in [-0.15, -0.1) is 0 Å². The number of carbonyl (C=O) groups is 1. The number of rotatable bonds is 4. The van der Waals surface area contributed by atoms with Gasteiger partial charge in [0.1, 0.15) is 0 Å². The first-order chi connectivity index (χ1) is 11.3. The molecule has 1 N–H and O–H groups in total. The van der Waals surface area contributed by atoms with Crippen molar-refractivity contribution in [2.45, 2.75) is 46.0 Å². The second-order valence-corrected chi connectivity index (χ2v) is 7.47. The van der Waals surface area contributed by atoms with E-state index in [0.717, 1.165) is 11.3 Å². The van der Waals surface area contributed by atoms with Gasteiger partial charge >= 0.3 is 0 Å². The third kappa shape index (κ3) is 5.09. The summed E-state index contributed by atoms with van der Waals surface area (Å²) >= 11 is 0. The lowest BCUT2D eigenvalue weighted by molar-refractivity contribution is -0.111. The summed E-state index contributed by atoms with van der Waals surface area (Å²) < 4.78 is 0. The third-order valence-electron chi connectivity index (χ3n) is 4.05. The van der Waals surface area contributed by atoms with Crippen molar-refractivity contribution >= 4 is 17.7 Å². The van der Waals surface area contributed by atoms with Crippen molar-refractivity contribution in [3.05, 3.63) is 71.3 Å². The van der Waals surface area contributed by atoms with Crippen LogP contribution in [0.1, 0.15) is 57.2 Å². The van der Waals surface area contributed by atoms with Gasteiger partial charge in [-0.2, -0.15) is 0 Å². The van der Waals surface area contributed by atoms with Crippen molar-refractivity contribution in [2.24, 2.45) is 0 Å². The molecular formula is C22H27NO. The maximum absolute atomic E-state index is 12.0. The van der Waals surface area contributed by atoms with E-state index in [4.69, 9.17) is 0 Å². The standard InChI is InChI=1S/C22H27NO/c1-16(2)18-9-13-20(14-10-18)23-21(24)15-8-17-6-11-19(12-7-17)22(3,4)5/h6-16H,1-5H3,(H,23,24). The fraction of sp³-hybridized carbons (Fsp3) is 0.318. The molecule has 0 spiro atoms. The SMILES string of the molecule is CC(C)c1ccc(NC(=O)C=Cc2ccc(C(C)(C)C)cc2)cc1. The van der Waals surface area contributed by atoms with E-state index in [0.29, 0.717) is 5.92 Å². The van der Waals surface area contributed by atoms with Crippen molar-refractivity contribution in [2.75, 3.05) is 5.32 Å². The Morgan fingerprint density at radius 1 is 0.958 bits per heavy atom. The zero-order valence-electron chi connectivity index (χ0n) is 15.3. The second kappa shape index (κ2) is 7.48. The van der Waals surface area contributed by atoms with Crippen LogP contribution in [0.3, 0.4) is 0 Å². The fourth-order valence-electron chi connectivity index (χ4n) is 2.40. The summed E-state index contributed by atoms with van der Waals surface area (Å²) in [6, 6.07) is 16.3. The summed E-state index contributed by atoms with van der Waals surface area (Å²) in [6.07, 6.45) is 3.41.